The molecule has 0 saturated carbocycles. The maximum atomic E-state index is 13.2. The molecular weight excluding hydrogens is 271 g/mol. The number of amides is 1. The summed E-state index contributed by atoms with van der Waals surface area (Å²) in [5, 5.41) is 15.4. The van der Waals surface area contributed by atoms with Gasteiger partial charge in [0.25, 0.3) is 5.91 Å². The molecule has 2 aromatic carbocycles. The standard InChI is InChI=1S/C16H17FN2O2/c1-10-3-4-11(16(21)18-2)8-14(10)19-9-12-7-13(17)5-6-15(12)20/h3-8,19-20H,9H2,1-2H3,(H,18,21). The molecule has 0 aromatic heterocycles. The van der Waals surface area contributed by atoms with Gasteiger partial charge in [-0.3, -0.25) is 4.79 Å². The number of benzene rings is 2. The average molecular weight is 288 g/mol. The van der Waals surface area contributed by atoms with Gasteiger partial charge >= 0.3 is 0 Å². The summed E-state index contributed by atoms with van der Waals surface area (Å²) in [7, 11) is 1.57. The number of hydrogen-bond acceptors (Lipinski definition) is 3. The Morgan fingerprint density at radius 2 is 2.00 bits per heavy atom. The number of anilines is 1. The van der Waals surface area contributed by atoms with Crippen LogP contribution in [-0.4, -0.2) is 18.1 Å². The van der Waals surface area contributed by atoms with E-state index in [1.165, 1.54) is 18.2 Å². The first-order chi connectivity index (χ1) is 10.0. The van der Waals surface area contributed by atoms with E-state index in [9.17, 15) is 14.3 Å². The number of hydrogen-bond donors (Lipinski definition) is 3. The zero-order chi connectivity index (χ0) is 15.4. The number of carbonyl (C=O) groups is 1. The molecule has 2 rings (SSSR count). The number of phenols is 1. The van der Waals surface area contributed by atoms with E-state index in [0.29, 0.717) is 11.1 Å². The van der Waals surface area contributed by atoms with Crippen LogP contribution in [0.4, 0.5) is 10.1 Å². The molecule has 0 radical (unpaired) electrons. The van der Waals surface area contributed by atoms with Gasteiger partial charge in [-0.05, 0) is 42.8 Å². The van der Waals surface area contributed by atoms with Crippen LogP contribution in [0.15, 0.2) is 36.4 Å². The number of halogens is 1. The van der Waals surface area contributed by atoms with Gasteiger partial charge in [0.05, 0.1) is 0 Å². The minimum atomic E-state index is -0.402. The lowest BCUT2D eigenvalue weighted by Gasteiger charge is -2.12. The zero-order valence-corrected chi connectivity index (χ0v) is 11.9. The van der Waals surface area contributed by atoms with Crippen molar-refractivity contribution >= 4 is 11.6 Å². The van der Waals surface area contributed by atoms with E-state index < -0.39 is 5.82 Å². The topological polar surface area (TPSA) is 61.4 Å². The van der Waals surface area contributed by atoms with Gasteiger partial charge in [0.15, 0.2) is 0 Å². The van der Waals surface area contributed by atoms with E-state index in [-0.39, 0.29) is 18.2 Å². The molecule has 4 nitrogen and oxygen atoms in total. The first-order valence-corrected chi connectivity index (χ1v) is 6.55. The van der Waals surface area contributed by atoms with Gasteiger partial charge in [-0.25, -0.2) is 4.39 Å². The molecule has 0 heterocycles. The summed E-state index contributed by atoms with van der Waals surface area (Å²) < 4.78 is 13.2. The molecule has 0 aliphatic carbocycles. The molecular formula is C16H17FN2O2. The molecule has 0 aliphatic rings. The van der Waals surface area contributed by atoms with Crippen molar-refractivity contribution in [2.75, 3.05) is 12.4 Å². The second-order valence-electron chi connectivity index (χ2n) is 4.74. The van der Waals surface area contributed by atoms with Crippen LogP contribution in [0.3, 0.4) is 0 Å². The third kappa shape index (κ3) is 3.51. The predicted molar refractivity (Wildman–Crippen MR) is 80.0 cm³/mol. The van der Waals surface area contributed by atoms with Crippen LogP contribution in [0.2, 0.25) is 0 Å². The van der Waals surface area contributed by atoms with Crippen LogP contribution in [0, 0.1) is 12.7 Å². The normalized spacial score (nSPS) is 10.2. The second kappa shape index (κ2) is 6.26. The van der Waals surface area contributed by atoms with Gasteiger partial charge in [0, 0.05) is 30.4 Å². The largest absolute Gasteiger partial charge is 0.508 e. The van der Waals surface area contributed by atoms with Crippen LogP contribution in [0.25, 0.3) is 0 Å². The molecule has 0 spiro atoms. The van der Waals surface area contributed by atoms with Crippen molar-refractivity contribution in [1.29, 1.82) is 0 Å². The number of nitrogens with one attached hydrogen (secondary N) is 2. The molecule has 0 aliphatic heterocycles. The van der Waals surface area contributed by atoms with Gasteiger partial charge in [-0.15, -0.1) is 0 Å². The fourth-order valence-electron chi connectivity index (χ4n) is 1.98. The Bertz CT molecular complexity index is 671. The van der Waals surface area contributed by atoms with E-state index in [4.69, 9.17) is 0 Å². The lowest BCUT2D eigenvalue weighted by Crippen LogP contribution is -2.18. The minimum absolute atomic E-state index is 0.0315. The number of aryl methyl sites for hydroxylation is 1. The molecule has 2 aromatic rings. The third-order valence-electron chi connectivity index (χ3n) is 3.24. The molecule has 21 heavy (non-hydrogen) atoms. The van der Waals surface area contributed by atoms with Crippen LogP contribution < -0.4 is 10.6 Å². The van der Waals surface area contributed by atoms with E-state index in [1.54, 1.807) is 19.2 Å². The average Bonchev–Trinajstić information content (AvgIpc) is 2.48. The highest BCUT2D eigenvalue weighted by Crippen LogP contribution is 2.22. The summed E-state index contributed by atoms with van der Waals surface area (Å²) in [6.07, 6.45) is 0. The highest BCUT2D eigenvalue weighted by molar-refractivity contribution is 5.95. The second-order valence-corrected chi connectivity index (χ2v) is 4.74. The minimum Gasteiger partial charge on any atom is -0.508 e. The van der Waals surface area contributed by atoms with Gasteiger partial charge in [0.1, 0.15) is 11.6 Å². The van der Waals surface area contributed by atoms with Crippen molar-refractivity contribution in [1.82, 2.24) is 5.32 Å². The Kier molecular flexibility index (Phi) is 4.42. The summed E-state index contributed by atoms with van der Waals surface area (Å²) in [5.74, 6) is -0.545. The summed E-state index contributed by atoms with van der Waals surface area (Å²) >= 11 is 0. The van der Waals surface area contributed by atoms with Crippen molar-refractivity contribution in [3.8, 4) is 5.75 Å². The van der Waals surface area contributed by atoms with E-state index in [1.807, 2.05) is 13.0 Å². The van der Waals surface area contributed by atoms with Gasteiger partial charge in [0.2, 0.25) is 0 Å². The van der Waals surface area contributed by atoms with E-state index in [0.717, 1.165) is 11.3 Å². The van der Waals surface area contributed by atoms with E-state index in [2.05, 4.69) is 10.6 Å². The molecule has 5 heteroatoms. The van der Waals surface area contributed by atoms with Gasteiger partial charge < -0.3 is 15.7 Å². The maximum Gasteiger partial charge on any atom is 0.251 e. The van der Waals surface area contributed by atoms with Crippen molar-refractivity contribution in [2.45, 2.75) is 13.5 Å². The Hall–Kier alpha value is -2.56. The smallest absolute Gasteiger partial charge is 0.251 e. The van der Waals surface area contributed by atoms with E-state index >= 15 is 0 Å². The fraction of sp³-hybridized carbons (Fsp3) is 0.188. The fourth-order valence-corrected chi connectivity index (χ4v) is 1.98. The highest BCUT2D eigenvalue weighted by Gasteiger charge is 2.08. The molecule has 3 N–H and O–H groups in total. The van der Waals surface area contributed by atoms with Crippen molar-refractivity contribution in [2.24, 2.45) is 0 Å². The molecule has 0 unspecified atom stereocenters. The zero-order valence-electron chi connectivity index (χ0n) is 11.9. The number of rotatable bonds is 4. The van der Waals surface area contributed by atoms with Crippen molar-refractivity contribution in [3.63, 3.8) is 0 Å². The molecule has 0 bridgehead atoms. The molecule has 0 fully saturated rings. The lowest BCUT2D eigenvalue weighted by molar-refractivity contribution is 0.0963. The summed E-state index contributed by atoms with van der Waals surface area (Å²) in [5.41, 5.74) is 2.71. The summed E-state index contributed by atoms with van der Waals surface area (Å²) in [6, 6.07) is 9.10. The van der Waals surface area contributed by atoms with Gasteiger partial charge in [-0.1, -0.05) is 6.07 Å². The quantitative estimate of drug-likeness (QED) is 0.810. The Morgan fingerprint density at radius 1 is 1.24 bits per heavy atom. The summed E-state index contributed by atoms with van der Waals surface area (Å²) in [6.45, 7) is 2.17. The number of carbonyl (C=O) groups excluding carboxylic acids is 1. The Labute approximate surface area is 122 Å². The third-order valence-corrected chi connectivity index (χ3v) is 3.24. The number of phenolic OH excluding ortho intramolecular Hbond substituents is 1. The lowest BCUT2D eigenvalue weighted by atomic mass is 10.1. The monoisotopic (exact) mass is 288 g/mol. The first-order valence-electron chi connectivity index (χ1n) is 6.55. The van der Waals surface area contributed by atoms with Crippen LogP contribution in [-0.2, 0) is 6.54 Å². The van der Waals surface area contributed by atoms with Crippen LogP contribution in [0.1, 0.15) is 21.5 Å². The summed E-state index contributed by atoms with van der Waals surface area (Å²) in [4.78, 5) is 11.6. The van der Waals surface area contributed by atoms with Crippen molar-refractivity contribution < 1.29 is 14.3 Å². The molecule has 0 saturated heterocycles. The van der Waals surface area contributed by atoms with Gasteiger partial charge in [-0.2, -0.15) is 0 Å². The highest BCUT2D eigenvalue weighted by atomic mass is 19.1. The Morgan fingerprint density at radius 3 is 2.71 bits per heavy atom. The molecule has 0 atom stereocenters. The first kappa shape index (κ1) is 14.8. The molecule has 110 valence electrons. The molecule has 1 amide bonds. The maximum absolute atomic E-state index is 13.2. The van der Waals surface area contributed by atoms with Crippen LogP contribution >= 0.6 is 0 Å². The van der Waals surface area contributed by atoms with Crippen molar-refractivity contribution in [3.05, 3.63) is 58.9 Å². The van der Waals surface area contributed by atoms with Crippen LogP contribution in [0.5, 0.6) is 5.75 Å². The Balaban J connectivity index is 2.19. The number of aromatic hydroxyl groups is 1. The SMILES string of the molecule is CNC(=O)c1ccc(C)c(NCc2cc(F)ccc2O)c1. The predicted octanol–water partition coefficient (Wildman–Crippen LogP) is 2.81.